The van der Waals surface area contributed by atoms with Gasteiger partial charge in [-0.2, -0.15) is 0 Å². The summed E-state index contributed by atoms with van der Waals surface area (Å²) in [7, 11) is 1.75. The Morgan fingerprint density at radius 3 is 2.55 bits per heavy atom. The second kappa shape index (κ2) is 5.53. The van der Waals surface area contributed by atoms with Crippen molar-refractivity contribution in [3.8, 4) is 0 Å². The van der Waals surface area contributed by atoms with Gasteiger partial charge in [0.2, 0.25) is 0 Å². The number of ether oxygens (including phenoxy) is 1. The summed E-state index contributed by atoms with van der Waals surface area (Å²) in [5, 5.41) is 3.17. The summed E-state index contributed by atoms with van der Waals surface area (Å²) in [6.07, 6.45) is 6.67. The van der Waals surface area contributed by atoms with Gasteiger partial charge in [0.1, 0.15) is 0 Å². The van der Waals surface area contributed by atoms with E-state index in [2.05, 4.69) is 5.32 Å². The van der Waals surface area contributed by atoms with E-state index in [1.54, 1.807) is 7.11 Å². The standard InChI is InChI=1S/C15H27N3O2/c1-20-7-4-11-2-5-18(6-3-11)14(19)17-12-8-15(9-12)10-13(15)16/h11-13H,2-10,16H2,1H3,(H,17,19). The van der Waals surface area contributed by atoms with Crippen molar-refractivity contribution in [3.05, 3.63) is 0 Å². The molecule has 2 aliphatic carbocycles. The third kappa shape index (κ3) is 2.79. The van der Waals surface area contributed by atoms with Crippen molar-refractivity contribution in [3.63, 3.8) is 0 Å². The molecule has 1 atom stereocenters. The van der Waals surface area contributed by atoms with Crippen molar-refractivity contribution in [2.75, 3.05) is 26.8 Å². The Bertz CT molecular complexity index is 360. The van der Waals surface area contributed by atoms with Crippen LogP contribution in [0.3, 0.4) is 0 Å². The maximum atomic E-state index is 12.2. The van der Waals surface area contributed by atoms with Crippen molar-refractivity contribution in [1.82, 2.24) is 10.2 Å². The fourth-order valence-corrected chi connectivity index (χ4v) is 3.85. The molecule has 1 saturated heterocycles. The van der Waals surface area contributed by atoms with Crippen LogP contribution < -0.4 is 11.1 Å². The topological polar surface area (TPSA) is 67.6 Å². The molecule has 0 aromatic rings. The Kier molecular flexibility index (Phi) is 3.91. The Labute approximate surface area is 121 Å². The maximum Gasteiger partial charge on any atom is 0.317 e. The minimum Gasteiger partial charge on any atom is -0.385 e. The van der Waals surface area contributed by atoms with Crippen LogP contribution in [-0.4, -0.2) is 49.8 Å². The lowest BCUT2D eigenvalue weighted by atomic mass is 9.76. The van der Waals surface area contributed by atoms with Gasteiger partial charge >= 0.3 is 6.03 Å². The highest BCUT2D eigenvalue weighted by molar-refractivity contribution is 5.74. The number of carbonyl (C=O) groups excluding carboxylic acids is 1. The van der Waals surface area contributed by atoms with Crippen LogP contribution in [0.2, 0.25) is 0 Å². The molecule has 1 heterocycles. The monoisotopic (exact) mass is 281 g/mol. The molecule has 3 aliphatic rings. The number of nitrogens with one attached hydrogen (secondary N) is 1. The first kappa shape index (κ1) is 14.1. The molecule has 5 nitrogen and oxygen atoms in total. The predicted octanol–water partition coefficient (Wildman–Crippen LogP) is 1.32. The van der Waals surface area contributed by atoms with E-state index in [1.165, 1.54) is 0 Å². The predicted molar refractivity (Wildman–Crippen MR) is 77.4 cm³/mol. The maximum absolute atomic E-state index is 12.2. The molecule has 1 spiro atoms. The van der Waals surface area contributed by atoms with E-state index in [0.717, 1.165) is 64.1 Å². The van der Waals surface area contributed by atoms with Crippen molar-refractivity contribution in [2.24, 2.45) is 17.1 Å². The number of methoxy groups -OCH3 is 1. The highest BCUT2D eigenvalue weighted by atomic mass is 16.5. The first-order chi connectivity index (χ1) is 9.63. The van der Waals surface area contributed by atoms with Gasteiger partial charge in [0.25, 0.3) is 0 Å². The van der Waals surface area contributed by atoms with E-state index in [0.29, 0.717) is 17.5 Å². The van der Waals surface area contributed by atoms with Gasteiger partial charge in [-0.05, 0) is 49.9 Å². The van der Waals surface area contributed by atoms with Crippen LogP contribution in [-0.2, 0) is 4.74 Å². The largest absolute Gasteiger partial charge is 0.385 e. The molecule has 114 valence electrons. The highest BCUT2D eigenvalue weighted by Gasteiger charge is 2.60. The minimum atomic E-state index is 0.129. The first-order valence-corrected chi connectivity index (χ1v) is 7.93. The fourth-order valence-electron chi connectivity index (χ4n) is 3.85. The summed E-state index contributed by atoms with van der Waals surface area (Å²) in [5.74, 6) is 0.718. The minimum absolute atomic E-state index is 0.129. The van der Waals surface area contributed by atoms with Crippen LogP contribution >= 0.6 is 0 Å². The molecule has 3 rings (SSSR count). The molecular formula is C15H27N3O2. The molecule has 1 unspecified atom stereocenters. The second-order valence-electron chi connectivity index (χ2n) is 6.94. The quantitative estimate of drug-likeness (QED) is 0.817. The van der Waals surface area contributed by atoms with E-state index < -0.39 is 0 Å². The van der Waals surface area contributed by atoms with Crippen molar-refractivity contribution >= 4 is 6.03 Å². The number of carbonyl (C=O) groups is 1. The van der Waals surface area contributed by atoms with Crippen molar-refractivity contribution in [1.29, 1.82) is 0 Å². The molecule has 0 radical (unpaired) electrons. The highest BCUT2D eigenvalue weighted by Crippen LogP contribution is 2.59. The van der Waals surface area contributed by atoms with Gasteiger partial charge in [-0.15, -0.1) is 0 Å². The van der Waals surface area contributed by atoms with Crippen LogP contribution in [0.15, 0.2) is 0 Å². The average Bonchev–Trinajstić information content (AvgIpc) is 3.08. The van der Waals surface area contributed by atoms with Gasteiger partial charge in [-0.1, -0.05) is 0 Å². The summed E-state index contributed by atoms with van der Waals surface area (Å²) in [4.78, 5) is 14.2. The molecule has 2 amide bonds. The molecule has 0 bridgehead atoms. The normalized spacial score (nSPS) is 36.8. The van der Waals surface area contributed by atoms with Crippen molar-refractivity contribution in [2.45, 2.75) is 50.6 Å². The first-order valence-electron chi connectivity index (χ1n) is 7.93. The van der Waals surface area contributed by atoms with Gasteiger partial charge in [-0.25, -0.2) is 4.79 Å². The van der Waals surface area contributed by atoms with Crippen LogP contribution in [0.4, 0.5) is 4.79 Å². The third-order valence-corrected chi connectivity index (χ3v) is 5.52. The van der Waals surface area contributed by atoms with E-state index >= 15 is 0 Å². The average molecular weight is 281 g/mol. The molecule has 3 N–H and O–H groups in total. The summed E-state index contributed by atoms with van der Waals surface area (Å²) < 4.78 is 5.12. The number of hydrogen-bond donors (Lipinski definition) is 2. The number of urea groups is 1. The number of nitrogens with two attached hydrogens (primary N) is 1. The zero-order chi connectivity index (χ0) is 14.2. The zero-order valence-corrected chi connectivity index (χ0v) is 12.4. The summed E-state index contributed by atoms with van der Waals surface area (Å²) >= 11 is 0. The molecule has 0 aromatic heterocycles. The third-order valence-electron chi connectivity index (χ3n) is 5.52. The Balaban J connectivity index is 1.35. The van der Waals surface area contributed by atoms with Gasteiger partial charge in [-0.3, -0.25) is 0 Å². The Morgan fingerprint density at radius 1 is 1.35 bits per heavy atom. The lowest BCUT2D eigenvalue weighted by Crippen LogP contribution is -2.53. The van der Waals surface area contributed by atoms with Gasteiger partial charge in [0.05, 0.1) is 0 Å². The van der Waals surface area contributed by atoms with Crippen molar-refractivity contribution < 1.29 is 9.53 Å². The number of rotatable bonds is 4. The molecule has 20 heavy (non-hydrogen) atoms. The lowest BCUT2D eigenvalue weighted by molar-refractivity contribution is 0.129. The smallest absolute Gasteiger partial charge is 0.317 e. The summed E-state index contributed by atoms with van der Waals surface area (Å²) in [6, 6.07) is 0.888. The Morgan fingerprint density at radius 2 is 2.00 bits per heavy atom. The van der Waals surface area contributed by atoms with Crippen LogP contribution in [0.5, 0.6) is 0 Å². The molecule has 2 saturated carbocycles. The molecule has 5 heteroatoms. The lowest BCUT2D eigenvalue weighted by Gasteiger charge is -2.39. The molecule has 1 aliphatic heterocycles. The van der Waals surface area contributed by atoms with Gasteiger partial charge in [0.15, 0.2) is 0 Å². The Hall–Kier alpha value is -0.810. The van der Waals surface area contributed by atoms with Crippen LogP contribution in [0, 0.1) is 11.3 Å². The summed E-state index contributed by atoms with van der Waals surface area (Å²) in [6.45, 7) is 2.61. The number of hydrogen-bond acceptors (Lipinski definition) is 3. The number of likely N-dealkylation sites (tertiary alicyclic amines) is 1. The number of nitrogens with zero attached hydrogens (tertiary/aromatic N) is 1. The van der Waals surface area contributed by atoms with Crippen LogP contribution in [0.25, 0.3) is 0 Å². The van der Waals surface area contributed by atoms with E-state index in [-0.39, 0.29) is 6.03 Å². The van der Waals surface area contributed by atoms with E-state index in [9.17, 15) is 4.79 Å². The van der Waals surface area contributed by atoms with Crippen LogP contribution in [0.1, 0.15) is 38.5 Å². The fraction of sp³-hybridized carbons (Fsp3) is 0.933. The molecular weight excluding hydrogens is 254 g/mol. The zero-order valence-electron chi connectivity index (χ0n) is 12.4. The molecule has 3 fully saturated rings. The van der Waals surface area contributed by atoms with E-state index in [1.807, 2.05) is 4.90 Å². The summed E-state index contributed by atoms with van der Waals surface area (Å²) in [5.41, 5.74) is 6.33. The SMILES string of the molecule is COCCC1CCN(C(=O)NC2CC3(C2)CC3N)CC1. The number of piperidine rings is 1. The van der Waals surface area contributed by atoms with Gasteiger partial charge in [0, 0.05) is 38.9 Å². The molecule has 0 aromatic carbocycles. The van der Waals surface area contributed by atoms with E-state index in [4.69, 9.17) is 10.5 Å². The van der Waals surface area contributed by atoms with Gasteiger partial charge < -0.3 is 20.7 Å². The second-order valence-corrected chi connectivity index (χ2v) is 6.94. The number of amides is 2.